The third-order valence-corrected chi connectivity index (χ3v) is 3.18. The van der Waals surface area contributed by atoms with E-state index in [1.165, 1.54) is 5.56 Å². The topological polar surface area (TPSA) is 58.6 Å². The van der Waals surface area contributed by atoms with Gasteiger partial charge < -0.3 is 15.2 Å². The third kappa shape index (κ3) is 5.00. The van der Waals surface area contributed by atoms with Crippen LogP contribution >= 0.6 is 11.6 Å². The second kappa shape index (κ2) is 7.55. The lowest BCUT2D eigenvalue weighted by Gasteiger charge is -2.09. The van der Waals surface area contributed by atoms with Crippen molar-refractivity contribution >= 4 is 17.7 Å². The number of halogens is 1. The average Bonchev–Trinajstić information content (AvgIpc) is 2.46. The first-order valence-electron chi connectivity index (χ1n) is 6.57. The van der Waals surface area contributed by atoms with E-state index < -0.39 is 6.09 Å². The van der Waals surface area contributed by atoms with Crippen molar-refractivity contribution < 1.29 is 14.6 Å². The number of amides is 1. The minimum atomic E-state index is -1.07. The Labute approximate surface area is 128 Å². The number of carboxylic acid groups (broad SMARTS) is 1. The van der Waals surface area contributed by atoms with Crippen molar-refractivity contribution in [2.45, 2.75) is 6.42 Å². The lowest BCUT2D eigenvalue weighted by Crippen LogP contribution is -2.26. The van der Waals surface area contributed by atoms with Crippen LogP contribution in [0.1, 0.15) is 11.1 Å². The lowest BCUT2D eigenvalue weighted by molar-refractivity contribution is 0.191. The van der Waals surface area contributed by atoms with E-state index in [1.54, 1.807) is 6.07 Å². The Hall–Kier alpha value is -2.20. The molecular formula is C16H16ClNO3. The molecule has 0 saturated heterocycles. The summed E-state index contributed by atoms with van der Waals surface area (Å²) in [5.41, 5.74) is 2.31. The molecule has 0 aromatic heterocycles. The predicted molar refractivity (Wildman–Crippen MR) is 82.2 cm³/mol. The van der Waals surface area contributed by atoms with Gasteiger partial charge in [0.2, 0.25) is 0 Å². The van der Waals surface area contributed by atoms with E-state index in [0.717, 1.165) is 12.0 Å². The summed E-state index contributed by atoms with van der Waals surface area (Å²) in [5, 5.41) is 11.2. The Morgan fingerprint density at radius 1 is 1.14 bits per heavy atom. The summed E-state index contributed by atoms with van der Waals surface area (Å²) in [7, 11) is 0. The van der Waals surface area contributed by atoms with Gasteiger partial charge in [-0.25, -0.2) is 4.79 Å². The molecule has 2 aromatic rings. The van der Waals surface area contributed by atoms with Crippen molar-refractivity contribution in [2.75, 3.05) is 13.2 Å². The van der Waals surface area contributed by atoms with Crippen molar-refractivity contribution in [1.82, 2.24) is 5.32 Å². The lowest BCUT2D eigenvalue weighted by atomic mass is 10.1. The van der Waals surface area contributed by atoms with Crippen LogP contribution in [-0.4, -0.2) is 24.4 Å². The van der Waals surface area contributed by atoms with Crippen molar-refractivity contribution in [3.8, 4) is 5.75 Å². The zero-order chi connectivity index (χ0) is 15.1. The van der Waals surface area contributed by atoms with Crippen molar-refractivity contribution in [1.29, 1.82) is 0 Å². The maximum absolute atomic E-state index is 10.3. The van der Waals surface area contributed by atoms with Crippen molar-refractivity contribution in [2.24, 2.45) is 0 Å². The van der Waals surface area contributed by atoms with Crippen LogP contribution in [0, 0.1) is 0 Å². The maximum Gasteiger partial charge on any atom is 0.404 e. The van der Waals surface area contributed by atoms with Gasteiger partial charge in [-0.3, -0.25) is 0 Å². The van der Waals surface area contributed by atoms with Crippen molar-refractivity contribution in [3.63, 3.8) is 0 Å². The zero-order valence-corrected chi connectivity index (χ0v) is 12.1. The highest BCUT2D eigenvalue weighted by Gasteiger charge is 2.04. The summed E-state index contributed by atoms with van der Waals surface area (Å²) in [5.74, 6) is 0.556. The average molecular weight is 306 g/mol. The van der Waals surface area contributed by atoms with E-state index in [-0.39, 0.29) is 13.2 Å². The van der Waals surface area contributed by atoms with E-state index >= 15 is 0 Å². The van der Waals surface area contributed by atoms with Gasteiger partial charge in [0, 0.05) is 0 Å². The molecule has 110 valence electrons. The van der Waals surface area contributed by atoms with Crippen LogP contribution in [0.3, 0.4) is 0 Å². The summed E-state index contributed by atoms with van der Waals surface area (Å²) < 4.78 is 5.43. The highest BCUT2D eigenvalue weighted by molar-refractivity contribution is 6.32. The van der Waals surface area contributed by atoms with E-state index in [0.29, 0.717) is 10.8 Å². The number of nitrogens with one attached hydrogen (secondary N) is 1. The number of carbonyl (C=O) groups is 1. The summed E-state index contributed by atoms with van der Waals surface area (Å²) in [6.07, 6.45) is -0.260. The smallest absolute Gasteiger partial charge is 0.404 e. The highest BCUT2D eigenvalue weighted by Crippen LogP contribution is 2.26. The molecule has 0 aliphatic carbocycles. The maximum atomic E-state index is 10.3. The standard InChI is InChI=1S/C16H16ClNO3/c17-14-11-13(10-12-4-2-1-3-5-12)6-7-15(14)21-9-8-18-16(19)20/h1-7,11,18H,8-10H2,(H,19,20). The summed E-state index contributed by atoms with van der Waals surface area (Å²) in [6, 6.07) is 15.8. The SMILES string of the molecule is O=C(O)NCCOc1ccc(Cc2ccccc2)cc1Cl. The molecule has 0 saturated carbocycles. The third-order valence-electron chi connectivity index (χ3n) is 2.88. The molecule has 0 aliphatic heterocycles. The Balaban J connectivity index is 1.92. The number of hydrogen-bond donors (Lipinski definition) is 2. The number of benzene rings is 2. The molecule has 0 atom stereocenters. The van der Waals surface area contributed by atoms with Gasteiger partial charge in [-0.1, -0.05) is 48.0 Å². The van der Waals surface area contributed by atoms with E-state index in [4.69, 9.17) is 21.4 Å². The molecule has 2 aromatic carbocycles. The molecule has 2 rings (SSSR count). The molecule has 4 nitrogen and oxygen atoms in total. The fraction of sp³-hybridized carbons (Fsp3) is 0.188. The Morgan fingerprint density at radius 3 is 2.57 bits per heavy atom. The van der Waals surface area contributed by atoms with Crippen LogP contribution < -0.4 is 10.1 Å². The summed E-state index contributed by atoms with van der Waals surface area (Å²) >= 11 is 6.18. The fourth-order valence-corrected chi connectivity index (χ4v) is 2.18. The monoisotopic (exact) mass is 305 g/mol. The Bertz CT molecular complexity index is 602. The van der Waals surface area contributed by atoms with Gasteiger partial charge in [0.1, 0.15) is 12.4 Å². The molecule has 0 bridgehead atoms. The minimum absolute atomic E-state index is 0.220. The molecule has 2 N–H and O–H groups in total. The highest BCUT2D eigenvalue weighted by atomic mass is 35.5. The first-order valence-corrected chi connectivity index (χ1v) is 6.95. The second-order valence-corrected chi connectivity index (χ2v) is 4.91. The summed E-state index contributed by atoms with van der Waals surface area (Å²) in [6.45, 7) is 0.460. The molecule has 1 amide bonds. The molecule has 0 spiro atoms. The van der Waals surface area contributed by atoms with Crippen molar-refractivity contribution in [3.05, 3.63) is 64.7 Å². The van der Waals surface area contributed by atoms with E-state index in [9.17, 15) is 4.79 Å². The van der Waals surface area contributed by atoms with E-state index in [2.05, 4.69) is 17.4 Å². The number of hydrogen-bond acceptors (Lipinski definition) is 2. The molecule has 0 radical (unpaired) electrons. The minimum Gasteiger partial charge on any atom is -0.490 e. The quantitative estimate of drug-likeness (QED) is 0.802. The fourth-order valence-electron chi connectivity index (χ4n) is 1.92. The second-order valence-electron chi connectivity index (χ2n) is 4.51. The molecule has 21 heavy (non-hydrogen) atoms. The van der Waals surface area contributed by atoms with Crippen LogP contribution in [0.2, 0.25) is 5.02 Å². The van der Waals surface area contributed by atoms with Gasteiger partial charge in [0.25, 0.3) is 0 Å². The molecule has 0 aliphatic rings. The van der Waals surface area contributed by atoms with Crippen LogP contribution in [-0.2, 0) is 6.42 Å². The van der Waals surface area contributed by atoms with Crippen LogP contribution in [0.5, 0.6) is 5.75 Å². The Kier molecular flexibility index (Phi) is 5.46. The van der Waals surface area contributed by atoms with Gasteiger partial charge in [0.05, 0.1) is 11.6 Å². The van der Waals surface area contributed by atoms with E-state index in [1.807, 2.05) is 30.3 Å². The molecule has 5 heteroatoms. The number of rotatable bonds is 6. The van der Waals surface area contributed by atoms with Gasteiger partial charge >= 0.3 is 6.09 Å². The first-order chi connectivity index (χ1) is 10.1. The van der Waals surface area contributed by atoms with Gasteiger partial charge in [-0.05, 0) is 29.7 Å². The normalized spacial score (nSPS) is 10.1. The largest absolute Gasteiger partial charge is 0.490 e. The molecule has 0 unspecified atom stereocenters. The Morgan fingerprint density at radius 2 is 1.90 bits per heavy atom. The van der Waals surface area contributed by atoms with Crippen LogP contribution in [0.4, 0.5) is 4.79 Å². The van der Waals surface area contributed by atoms with Crippen LogP contribution in [0.25, 0.3) is 0 Å². The molecule has 0 heterocycles. The first kappa shape index (κ1) is 15.2. The van der Waals surface area contributed by atoms with Crippen LogP contribution in [0.15, 0.2) is 48.5 Å². The van der Waals surface area contributed by atoms with Gasteiger partial charge in [-0.2, -0.15) is 0 Å². The number of ether oxygens (including phenoxy) is 1. The van der Waals surface area contributed by atoms with Gasteiger partial charge in [-0.15, -0.1) is 0 Å². The van der Waals surface area contributed by atoms with Gasteiger partial charge in [0.15, 0.2) is 0 Å². The zero-order valence-electron chi connectivity index (χ0n) is 11.4. The predicted octanol–water partition coefficient (Wildman–Crippen LogP) is 3.58. The molecule has 0 fully saturated rings. The summed E-state index contributed by atoms with van der Waals surface area (Å²) in [4.78, 5) is 10.3. The molecular weight excluding hydrogens is 290 g/mol.